The van der Waals surface area contributed by atoms with Crippen LogP contribution in [0, 0.1) is 0 Å². The maximum atomic E-state index is 9.99. The molecule has 0 amide bonds. The molecule has 0 aliphatic carbocycles. The Morgan fingerprint density at radius 2 is 0.877 bits per heavy atom. The normalized spacial score (nSPS) is 17.8. The number of para-hydroxylation sites is 5. The predicted octanol–water partition coefficient (Wildman–Crippen LogP) is 11.3. The van der Waals surface area contributed by atoms with Crippen LogP contribution in [-0.4, -0.2) is 38.6 Å². The first-order valence-electron chi connectivity index (χ1n) is 29.0. The highest BCUT2D eigenvalue weighted by Crippen LogP contribution is 2.42. The largest absolute Gasteiger partial charge is 0.307 e. The van der Waals surface area contributed by atoms with Crippen molar-refractivity contribution >= 4 is 65.4 Å². The summed E-state index contributed by atoms with van der Waals surface area (Å²) in [5, 5.41) is -1.05. The number of hydrogen-bond donors (Lipinski definition) is 0. The molecule has 266 valence electrons. The Labute approximate surface area is 359 Å². The molecule has 8 nitrogen and oxygen atoms in total. The van der Waals surface area contributed by atoms with Crippen LogP contribution in [0.1, 0.15) is 32.9 Å². The minimum absolute atomic E-state index is 0.00937. The molecular formula is C49H30N8. The number of hydrogen-bond acceptors (Lipinski definition) is 5. The van der Waals surface area contributed by atoms with E-state index < -0.39 is 207 Å². The van der Waals surface area contributed by atoms with Crippen LogP contribution in [0.15, 0.2) is 182 Å². The van der Waals surface area contributed by atoms with Crippen molar-refractivity contribution in [1.29, 1.82) is 0 Å². The van der Waals surface area contributed by atoms with Crippen molar-refractivity contribution in [3.05, 3.63) is 182 Å². The second-order valence-corrected chi connectivity index (χ2v) is 12.4. The van der Waals surface area contributed by atoms with E-state index in [2.05, 4.69) is 19.9 Å². The van der Waals surface area contributed by atoms with Crippen LogP contribution in [0.5, 0.6) is 0 Å². The molecule has 0 saturated carbocycles. The first-order chi connectivity index (χ1) is 38.3. The van der Waals surface area contributed by atoms with Gasteiger partial charge >= 0.3 is 0 Å². The van der Waals surface area contributed by atoms with E-state index in [0.29, 0.717) is 0 Å². The molecule has 0 aliphatic heterocycles. The van der Waals surface area contributed by atoms with E-state index in [4.69, 9.17) is 26.9 Å². The van der Waals surface area contributed by atoms with Crippen LogP contribution in [0.4, 0.5) is 0 Å². The molecular weight excluding hydrogens is 701 g/mol. The van der Waals surface area contributed by atoms with Crippen molar-refractivity contribution < 1.29 is 32.9 Å². The molecule has 0 aliphatic rings. The molecule has 6 heterocycles. The molecule has 57 heavy (non-hydrogen) atoms. The fraction of sp³-hybridized carbons (Fsp3) is 0. The lowest BCUT2D eigenvalue weighted by Crippen LogP contribution is -2.10. The van der Waals surface area contributed by atoms with Crippen LogP contribution in [0.25, 0.3) is 106 Å². The van der Waals surface area contributed by atoms with E-state index in [9.17, 15) is 11.0 Å². The highest BCUT2D eigenvalue weighted by molar-refractivity contribution is 6.12. The van der Waals surface area contributed by atoms with Gasteiger partial charge in [0.15, 0.2) is 11.6 Å². The number of rotatable bonds is 5. The minimum Gasteiger partial charge on any atom is -0.307 e. The standard InChI is InChI=1S/C49H30N8/c1-2-13-31(14-3-1)47-52-48(54-49(53-47)57-41-22-10-4-15-32(41)33-16-5-11-23-42(33)57)36-19-12-24-45(55-39-20-8-6-17-34(39)37-29-50-27-25-43(37)55)46(36)56-40-21-9-7-18-35(40)38-30-51-28-26-44(38)56/h1-30H/i1D,2D,3D,4D,5D,6D,7D,8D,9D,10D,11D,12D,13D,14D,15D,16D,17D,18D,19D,20D,21D,22D,23D,24D. The van der Waals surface area contributed by atoms with Gasteiger partial charge in [0.1, 0.15) is 0 Å². The average Bonchev–Trinajstić information content (AvgIpc) is 4.26. The Balaban J connectivity index is 1.40. The van der Waals surface area contributed by atoms with Crippen molar-refractivity contribution in [2.75, 3.05) is 0 Å². The van der Waals surface area contributed by atoms with Crippen molar-refractivity contribution in [2.24, 2.45) is 0 Å². The van der Waals surface area contributed by atoms with Gasteiger partial charge in [-0.15, -0.1) is 0 Å². The summed E-state index contributed by atoms with van der Waals surface area (Å²) in [4.78, 5) is 22.5. The Hall–Kier alpha value is -7.97. The highest BCUT2D eigenvalue weighted by Gasteiger charge is 2.25. The van der Waals surface area contributed by atoms with Gasteiger partial charge in [-0.05, 0) is 48.4 Å². The van der Waals surface area contributed by atoms with Gasteiger partial charge in [0, 0.05) is 68.2 Å². The van der Waals surface area contributed by atoms with E-state index >= 15 is 0 Å². The summed E-state index contributed by atoms with van der Waals surface area (Å²) in [6.07, 6.45) is 5.17. The third kappa shape index (κ3) is 4.64. The Bertz CT molecular complexity index is 4850. The van der Waals surface area contributed by atoms with Gasteiger partial charge in [0.05, 0.1) is 77.4 Å². The first kappa shape index (κ1) is 16.0. The number of aromatic nitrogens is 8. The van der Waals surface area contributed by atoms with Gasteiger partial charge in [0.2, 0.25) is 5.95 Å². The summed E-state index contributed by atoms with van der Waals surface area (Å²) in [6, 6.07) is -16.3. The second kappa shape index (κ2) is 12.3. The van der Waals surface area contributed by atoms with Crippen molar-refractivity contribution in [2.45, 2.75) is 0 Å². The summed E-state index contributed by atoms with van der Waals surface area (Å²) in [5.74, 6) is -2.50. The topological polar surface area (TPSA) is 79.2 Å². The summed E-state index contributed by atoms with van der Waals surface area (Å²) in [5.41, 5.74) is -4.20. The third-order valence-electron chi connectivity index (χ3n) is 9.48. The molecule has 0 radical (unpaired) electrons. The zero-order chi connectivity index (χ0) is 58.3. The summed E-state index contributed by atoms with van der Waals surface area (Å²) in [7, 11) is 0. The lowest BCUT2D eigenvalue weighted by Gasteiger charge is -2.20. The molecule has 0 spiro atoms. The Kier molecular flexibility index (Phi) is 3.45. The average molecular weight is 755 g/mol. The van der Waals surface area contributed by atoms with E-state index in [1.807, 2.05) is 0 Å². The smallest absolute Gasteiger partial charge is 0.238 e. The maximum Gasteiger partial charge on any atom is 0.238 e. The molecule has 12 rings (SSSR count). The molecule has 6 aromatic heterocycles. The van der Waals surface area contributed by atoms with Crippen LogP contribution >= 0.6 is 0 Å². The van der Waals surface area contributed by atoms with Gasteiger partial charge < -0.3 is 9.13 Å². The fourth-order valence-corrected chi connectivity index (χ4v) is 7.19. The molecule has 0 fully saturated rings. The third-order valence-corrected chi connectivity index (χ3v) is 9.48. The van der Waals surface area contributed by atoms with E-state index in [1.165, 1.54) is 46.1 Å². The Morgan fingerprint density at radius 3 is 1.49 bits per heavy atom. The number of nitrogens with zero attached hydrogens (tertiary/aromatic N) is 8. The SMILES string of the molecule is [2H]c1c([2H])c([2H])c(-c2nc(-c3c([2H])c([2H])c([2H])c(-n4c5ccncc5c5c([2H])c([2H])c([2H])c([2H])c54)c3-n3c4ccncc4c4c([2H])c([2H])c([2H])c([2H])c43)nc(-n3c4c([2H])c([2H])c([2H])c([2H])c4c4c([2H])c([2H])c([2H])c([2H])c43)n2)c([2H])c1[2H]. The van der Waals surface area contributed by atoms with Crippen LogP contribution in [-0.2, 0) is 0 Å². The molecule has 0 saturated heterocycles. The van der Waals surface area contributed by atoms with E-state index in [-0.39, 0.29) is 43.6 Å². The molecule has 0 bridgehead atoms. The zero-order valence-electron chi connectivity index (χ0n) is 52.5. The summed E-state index contributed by atoms with van der Waals surface area (Å²) in [6.45, 7) is 0. The second-order valence-electron chi connectivity index (χ2n) is 12.4. The number of pyridine rings is 2. The van der Waals surface area contributed by atoms with Crippen molar-refractivity contribution in [3.63, 3.8) is 0 Å². The van der Waals surface area contributed by atoms with Gasteiger partial charge in [-0.2, -0.15) is 9.97 Å². The van der Waals surface area contributed by atoms with E-state index in [0.717, 1.165) is 4.57 Å². The molecule has 6 aromatic carbocycles. The predicted molar refractivity (Wildman–Crippen MR) is 229 cm³/mol. The zero-order valence-corrected chi connectivity index (χ0v) is 28.5. The van der Waals surface area contributed by atoms with Gasteiger partial charge in [0.25, 0.3) is 0 Å². The molecule has 12 aromatic rings. The Morgan fingerprint density at radius 1 is 0.386 bits per heavy atom. The molecule has 0 N–H and O–H groups in total. The fourth-order valence-electron chi connectivity index (χ4n) is 7.19. The van der Waals surface area contributed by atoms with Crippen molar-refractivity contribution in [3.8, 4) is 40.1 Å². The minimum atomic E-state index is -0.941. The maximum absolute atomic E-state index is 9.99. The monoisotopic (exact) mass is 754 g/mol. The number of benzene rings is 6. The van der Waals surface area contributed by atoms with Gasteiger partial charge in [-0.3, -0.25) is 14.5 Å². The van der Waals surface area contributed by atoms with Crippen LogP contribution in [0.3, 0.4) is 0 Å². The summed E-state index contributed by atoms with van der Waals surface area (Å²) < 4.78 is 221. The summed E-state index contributed by atoms with van der Waals surface area (Å²) >= 11 is 0. The van der Waals surface area contributed by atoms with Crippen LogP contribution in [0.2, 0.25) is 0 Å². The van der Waals surface area contributed by atoms with Crippen molar-refractivity contribution in [1.82, 2.24) is 38.6 Å². The molecule has 0 atom stereocenters. The quantitative estimate of drug-likeness (QED) is 0.175. The molecule has 8 heteroatoms. The van der Waals surface area contributed by atoms with Crippen LogP contribution < -0.4 is 0 Å². The molecule has 0 unspecified atom stereocenters. The first-order valence-corrected chi connectivity index (χ1v) is 17.0. The lowest BCUT2D eigenvalue weighted by molar-refractivity contribution is 0.950. The lowest BCUT2D eigenvalue weighted by atomic mass is 10.1. The van der Waals surface area contributed by atoms with E-state index in [1.54, 1.807) is 0 Å². The highest BCUT2D eigenvalue weighted by atomic mass is 15.2. The van der Waals surface area contributed by atoms with Gasteiger partial charge in [-0.1, -0.05) is 109 Å². The number of fused-ring (bicyclic) bond motifs is 9. The van der Waals surface area contributed by atoms with Gasteiger partial charge in [-0.25, -0.2) is 4.98 Å².